The van der Waals surface area contributed by atoms with Crippen LogP contribution in [0, 0.1) is 13.8 Å². The van der Waals surface area contributed by atoms with Crippen LogP contribution in [0.15, 0.2) is 12.3 Å². The minimum Gasteiger partial charge on any atom is -0.396 e. The van der Waals surface area contributed by atoms with Crippen LogP contribution < -0.4 is 11.5 Å². The molecule has 0 saturated heterocycles. The Kier molecular flexibility index (Phi) is 1.45. The maximum absolute atomic E-state index is 5.88. The van der Waals surface area contributed by atoms with E-state index >= 15 is 0 Å². The Balaban J connectivity index is 2.96. The SMILES string of the molecule is Cc1cc2c(N)cnn2c(N)c1C. The molecular formula is C9H12N4. The molecule has 0 aromatic carbocycles. The number of nitrogens with two attached hydrogens (primary N) is 2. The van der Waals surface area contributed by atoms with Gasteiger partial charge in [-0.3, -0.25) is 0 Å². The quantitative estimate of drug-likeness (QED) is 0.631. The van der Waals surface area contributed by atoms with Crippen LogP contribution in [-0.2, 0) is 0 Å². The fourth-order valence-electron chi connectivity index (χ4n) is 1.38. The molecule has 2 rings (SSSR count). The summed E-state index contributed by atoms with van der Waals surface area (Å²) in [4.78, 5) is 0. The van der Waals surface area contributed by atoms with Crippen molar-refractivity contribution in [1.82, 2.24) is 9.61 Å². The van der Waals surface area contributed by atoms with Crippen molar-refractivity contribution in [1.29, 1.82) is 0 Å². The average molecular weight is 176 g/mol. The third-order valence-electron chi connectivity index (χ3n) is 2.39. The van der Waals surface area contributed by atoms with Crippen molar-refractivity contribution < 1.29 is 0 Å². The Morgan fingerprint density at radius 3 is 2.69 bits per heavy atom. The maximum Gasteiger partial charge on any atom is 0.128 e. The fourth-order valence-corrected chi connectivity index (χ4v) is 1.38. The molecule has 2 heterocycles. The molecule has 68 valence electrons. The average Bonchev–Trinajstić information content (AvgIpc) is 2.45. The molecule has 0 spiro atoms. The van der Waals surface area contributed by atoms with Crippen molar-refractivity contribution in [2.75, 3.05) is 11.5 Å². The second-order valence-electron chi connectivity index (χ2n) is 3.23. The van der Waals surface area contributed by atoms with E-state index in [9.17, 15) is 0 Å². The van der Waals surface area contributed by atoms with E-state index in [-0.39, 0.29) is 0 Å². The van der Waals surface area contributed by atoms with Gasteiger partial charge < -0.3 is 11.5 Å². The second kappa shape index (κ2) is 2.39. The van der Waals surface area contributed by atoms with Crippen molar-refractivity contribution in [3.8, 4) is 0 Å². The van der Waals surface area contributed by atoms with E-state index in [1.165, 1.54) is 0 Å². The number of nitrogens with zero attached hydrogens (tertiary/aromatic N) is 2. The predicted molar refractivity (Wildman–Crippen MR) is 53.5 cm³/mol. The monoisotopic (exact) mass is 176 g/mol. The van der Waals surface area contributed by atoms with E-state index in [0.717, 1.165) is 16.6 Å². The molecule has 0 aliphatic carbocycles. The fraction of sp³-hybridized carbons (Fsp3) is 0.222. The first-order chi connectivity index (χ1) is 6.11. The van der Waals surface area contributed by atoms with E-state index in [0.29, 0.717) is 11.5 Å². The molecule has 4 N–H and O–H groups in total. The Labute approximate surface area is 76.1 Å². The van der Waals surface area contributed by atoms with Gasteiger partial charge in [0.2, 0.25) is 0 Å². The molecule has 0 fully saturated rings. The number of nitrogen functional groups attached to an aromatic ring is 2. The molecule has 0 saturated carbocycles. The molecule has 0 aliphatic heterocycles. The molecular weight excluding hydrogens is 164 g/mol. The van der Waals surface area contributed by atoms with Crippen LogP contribution in [0.25, 0.3) is 5.52 Å². The largest absolute Gasteiger partial charge is 0.396 e. The van der Waals surface area contributed by atoms with Gasteiger partial charge in [0.05, 0.1) is 17.4 Å². The molecule has 4 nitrogen and oxygen atoms in total. The lowest BCUT2D eigenvalue weighted by atomic mass is 10.1. The number of rotatable bonds is 0. The second-order valence-corrected chi connectivity index (χ2v) is 3.23. The van der Waals surface area contributed by atoms with Crippen LogP contribution in [-0.4, -0.2) is 9.61 Å². The highest BCUT2D eigenvalue weighted by atomic mass is 15.3. The van der Waals surface area contributed by atoms with E-state index in [2.05, 4.69) is 5.10 Å². The minimum atomic E-state index is 0.659. The number of aromatic nitrogens is 2. The van der Waals surface area contributed by atoms with Crippen LogP contribution in [0.2, 0.25) is 0 Å². The highest BCUT2D eigenvalue weighted by Gasteiger charge is 2.07. The lowest BCUT2D eigenvalue weighted by Crippen LogP contribution is -2.02. The zero-order valence-electron chi connectivity index (χ0n) is 7.70. The third kappa shape index (κ3) is 0.950. The van der Waals surface area contributed by atoms with Gasteiger partial charge in [0.25, 0.3) is 0 Å². The number of anilines is 2. The van der Waals surface area contributed by atoms with Gasteiger partial charge in [-0.2, -0.15) is 5.10 Å². The lowest BCUT2D eigenvalue weighted by molar-refractivity contribution is 0.961. The zero-order chi connectivity index (χ0) is 9.59. The number of pyridine rings is 1. The summed E-state index contributed by atoms with van der Waals surface area (Å²) in [6, 6.07) is 1.99. The van der Waals surface area contributed by atoms with Gasteiger partial charge >= 0.3 is 0 Å². The summed E-state index contributed by atoms with van der Waals surface area (Å²) in [6.07, 6.45) is 1.62. The van der Waals surface area contributed by atoms with E-state index < -0.39 is 0 Å². The van der Waals surface area contributed by atoms with Gasteiger partial charge in [-0.05, 0) is 31.0 Å². The van der Waals surface area contributed by atoms with Crippen LogP contribution >= 0.6 is 0 Å². The van der Waals surface area contributed by atoms with Crippen molar-refractivity contribution in [2.24, 2.45) is 0 Å². The summed E-state index contributed by atoms with van der Waals surface area (Å²) < 4.78 is 1.66. The first-order valence-corrected chi connectivity index (χ1v) is 4.10. The summed E-state index contributed by atoms with van der Waals surface area (Å²) in [5.41, 5.74) is 15.3. The molecule has 2 aromatic heterocycles. The van der Waals surface area contributed by atoms with Crippen LogP contribution in [0.5, 0.6) is 0 Å². The van der Waals surface area contributed by atoms with Gasteiger partial charge in [-0.25, -0.2) is 4.52 Å². The van der Waals surface area contributed by atoms with Crippen LogP contribution in [0.1, 0.15) is 11.1 Å². The van der Waals surface area contributed by atoms with Crippen molar-refractivity contribution >= 4 is 17.0 Å². The summed E-state index contributed by atoms with van der Waals surface area (Å²) in [5.74, 6) is 0.659. The van der Waals surface area contributed by atoms with Crippen molar-refractivity contribution in [3.63, 3.8) is 0 Å². The Bertz CT molecular complexity index is 470. The summed E-state index contributed by atoms with van der Waals surface area (Å²) in [7, 11) is 0. The Morgan fingerprint density at radius 1 is 1.31 bits per heavy atom. The van der Waals surface area contributed by atoms with Gasteiger partial charge in [0, 0.05) is 0 Å². The van der Waals surface area contributed by atoms with E-state index in [1.54, 1.807) is 10.7 Å². The number of hydrogen-bond donors (Lipinski definition) is 2. The molecule has 0 amide bonds. The Morgan fingerprint density at radius 2 is 2.00 bits per heavy atom. The molecule has 2 aromatic rings. The van der Waals surface area contributed by atoms with E-state index in [4.69, 9.17) is 11.5 Å². The lowest BCUT2D eigenvalue weighted by Gasteiger charge is -2.06. The third-order valence-corrected chi connectivity index (χ3v) is 2.39. The molecule has 0 atom stereocenters. The molecule has 0 aliphatic rings. The van der Waals surface area contributed by atoms with Gasteiger partial charge in [0.1, 0.15) is 5.82 Å². The number of hydrogen-bond acceptors (Lipinski definition) is 3. The smallest absolute Gasteiger partial charge is 0.128 e. The maximum atomic E-state index is 5.88. The molecule has 4 heteroatoms. The van der Waals surface area contributed by atoms with Crippen molar-refractivity contribution in [3.05, 3.63) is 23.4 Å². The number of fused-ring (bicyclic) bond motifs is 1. The Hall–Kier alpha value is -1.71. The summed E-state index contributed by atoms with van der Waals surface area (Å²) >= 11 is 0. The first-order valence-electron chi connectivity index (χ1n) is 4.10. The molecule has 0 bridgehead atoms. The first kappa shape index (κ1) is 7.91. The van der Waals surface area contributed by atoms with Gasteiger partial charge in [-0.1, -0.05) is 0 Å². The molecule has 0 radical (unpaired) electrons. The molecule has 13 heavy (non-hydrogen) atoms. The van der Waals surface area contributed by atoms with Gasteiger partial charge in [-0.15, -0.1) is 0 Å². The molecule has 0 unspecified atom stereocenters. The van der Waals surface area contributed by atoms with Crippen LogP contribution in [0.3, 0.4) is 0 Å². The van der Waals surface area contributed by atoms with E-state index in [1.807, 2.05) is 19.9 Å². The minimum absolute atomic E-state index is 0.659. The summed E-state index contributed by atoms with van der Waals surface area (Å²) in [5, 5.41) is 4.09. The summed E-state index contributed by atoms with van der Waals surface area (Å²) in [6.45, 7) is 3.99. The topological polar surface area (TPSA) is 69.3 Å². The van der Waals surface area contributed by atoms with Crippen LogP contribution in [0.4, 0.5) is 11.5 Å². The highest BCUT2D eigenvalue weighted by Crippen LogP contribution is 2.22. The zero-order valence-corrected chi connectivity index (χ0v) is 7.70. The number of aryl methyl sites for hydroxylation is 1. The predicted octanol–water partition coefficient (Wildman–Crippen LogP) is 1.12. The van der Waals surface area contributed by atoms with Crippen molar-refractivity contribution in [2.45, 2.75) is 13.8 Å². The highest BCUT2D eigenvalue weighted by molar-refractivity contribution is 5.72. The normalized spacial score (nSPS) is 10.9. The standard InChI is InChI=1S/C9H12N4/c1-5-3-8-7(10)4-12-13(8)9(11)6(5)2/h3-4H,10-11H2,1-2H3. The van der Waals surface area contributed by atoms with Gasteiger partial charge in [0.15, 0.2) is 0 Å².